The number of amides is 1. The first-order valence-corrected chi connectivity index (χ1v) is 8.32. The van der Waals surface area contributed by atoms with Crippen LogP contribution in [0.2, 0.25) is 0 Å². The lowest BCUT2D eigenvalue weighted by atomic mass is 10.1. The molecule has 124 valence electrons. The van der Waals surface area contributed by atoms with Crippen molar-refractivity contribution < 1.29 is 4.79 Å². The van der Waals surface area contributed by atoms with Gasteiger partial charge in [0.05, 0.1) is 12.6 Å². The van der Waals surface area contributed by atoms with Crippen molar-refractivity contribution in [1.82, 2.24) is 15.5 Å². The van der Waals surface area contributed by atoms with Gasteiger partial charge in [0, 0.05) is 17.1 Å². The summed E-state index contributed by atoms with van der Waals surface area (Å²) in [6.45, 7) is 4.47. The summed E-state index contributed by atoms with van der Waals surface area (Å²) in [6, 6.07) is 8.62. The number of likely N-dealkylation sites (N-methyl/N-ethyl adjacent to an activating group) is 1. The Morgan fingerprint density at radius 1 is 1.41 bits per heavy atom. The molecule has 0 radical (unpaired) electrons. The molecule has 1 saturated heterocycles. The van der Waals surface area contributed by atoms with Gasteiger partial charge in [-0.1, -0.05) is 28.1 Å². The van der Waals surface area contributed by atoms with Crippen LogP contribution in [0.4, 0.5) is 0 Å². The summed E-state index contributed by atoms with van der Waals surface area (Å²) in [5.74, 6) is 0.0992. The second kappa shape index (κ2) is 9.50. The van der Waals surface area contributed by atoms with E-state index in [9.17, 15) is 4.79 Å². The molecular formula is C16H25BrClN3O. The molecule has 1 aliphatic heterocycles. The quantitative estimate of drug-likeness (QED) is 0.812. The van der Waals surface area contributed by atoms with Crippen LogP contribution in [0, 0.1) is 0 Å². The average Bonchev–Trinajstić information content (AvgIpc) is 2.47. The summed E-state index contributed by atoms with van der Waals surface area (Å²) >= 11 is 3.42. The predicted molar refractivity (Wildman–Crippen MR) is 96.5 cm³/mol. The number of carbonyl (C=O) groups excluding carboxylic acids is 1. The Kier molecular flexibility index (Phi) is 8.39. The van der Waals surface area contributed by atoms with E-state index in [1.54, 1.807) is 0 Å². The van der Waals surface area contributed by atoms with E-state index < -0.39 is 0 Å². The molecule has 2 atom stereocenters. The number of carbonyl (C=O) groups is 1. The molecule has 1 aliphatic rings. The molecule has 4 nitrogen and oxygen atoms in total. The topological polar surface area (TPSA) is 44.4 Å². The molecule has 1 aromatic rings. The van der Waals surface area contributed by atoms with Gasteiger partial charge in [-0.2, -0.15) is 0 Å². The minimum atomic E-state index is 0. The van der Waals surface area contributed by atoms with Crippen molar-refractivity contribution in [3.8, 4) is 0 Å². The zero-order valence-corrected chi connectivity index (χ0v) is 15.5. The lowest BCUT2D eigenvalue weighted by Gasteiger charge is -2.32. The van der Waals surface area contributed by atoms with Gasteiger partial charge < -0.3 is 10.6 Å². The van der Waals surface area contributed by atoms with Crippen LogP contribution in [0.5, 0.6) is 0 Å². The van der Waals surface area contributed by atoms with E-state index >= 15 is 0 Å². The third-order valence-electron chi connectivity index (χ3n) is 4.03. The number of piperidine rings is 1. The van der Waals surface area contributed by atoms with E-state index in [0.717, 1.165) is 29.5 Å². The van der Waals surface area contributed by atoms with Crippen LogP contribution in [0.25, 0.3) is 0 Å². The largest absolute Gasteiger partial charge is 0.348 e. The number of hydrogen-bond donors (Lipinski definition) is 2. The third-order valence-corrected chi connectivity index (χ3v) is 4.56. The molecule has 0 spiro atoms. The van der Waals surface area contributed by atoms with Gasteiger partial charge in [-0.15, -0.1) is 12.4 Å². The molecule has 2 unspecified atom stereocenters. The maximum Gasteiger partial charge on any atom is 0.234 e. The van der Waals surface area contributed by atoms with Crippen LogP contribution in [0.3, 0.4) is 0 Å². The standard InChI is InChI=1S/C16H24BrN3O.ClH/c1-12(13-5-7-14(17)8-6-13)19-16(21)11-20-9-3-4-15(10-20)18-2;/h5-8,12,15,18H,3-4,9-11H2,1-2H3,(H,19,21);1H. The number of likely N-dealkylation sites (tertiary alicyclic amines) is 1. The summed E-state index contributed by atoms with van der Waals surface area (Å²) in [7, 11) is 1.99. The van der Waals surface area contributed by atoms with Crippen molar-refractivity contribution in [2.75, 3.05) is 26.7 Å². The second-order valence-electron chi connectivity index (χ2n) is 5.70. The molecule has 1 fully saturated rings. The maximum atomic E-state index is 12.2. The molecule has 0 saturated carbocycles. The molecule has 0 aromatic heterocycles. The van der Waals surface area contributed by atoms with Gasteiger partial charge in [0.15, 0.2) is 0 Å². The fourth-order valence-corrected chi connectivity index (χ4v) is 3.02. The SMILES string of the molecule is CNC1CCCN(CC(=O)NC(C)c2ccc(Br)cc2)C1.Cl. The lowest BCUT2D eigenvalue weighted by molar-refractivity contribution is -0.123. The monoisotopic (exact) mass is 389 g/mol. The Morgan fingerprint density at radius 3 is 2.73 bits per heavy atom. The number of rotatable bonds is 5. The smallest absolute Gasteiger partial charge is 0.234 e. The Labute approximate surface area is 147 Å². The van der Waals surface area contributed by atoms with Crippen LogP contribution in [-0.4, -0.2) is 43.5 Å². The molecule has 1 heterocycles. The van der Waals surface area contributed by atoms with Crippen LogP contribution < -0.4 is 10.6 Å². The van der Waals surface area contributed by atoms with E-state index in [1.807, 2.05) is 38.2 Å². The number of nitrogens with one attached hydrogen (secondary N) is 2. The van der Waals surface area contributed by atoms with Gasteiger partial charge in [0.2, 0.25) is 5.91 Å². The van der Waals surface area contributed by atoms with Crippen molar-refractivity contribution in [3.05, 3.63) is 34.3 Å². The second-order valence-corrected chi connectivity index (χ2v) is 6.62. The highest BCUT2D eigenvalue weighted by molar-refractivity contribution is 9.10. The third kappa shape index (κ3) is 5.88. The predicted octanol–water partition coefficient (Wildman–Crippen LogP) is 2.73. The maximum absolute atomic E-state index is 12.2. The molecule has 0 bridgehead atoms. The van der Waals surface area contributed by atoms with Gasteiger partial charge in [-0.3, -0.25) is 9.69 Å². The highest BCUT2D eigenvalue weighted by Gasteiger charge is 2.20. The van der Waals surface area contributed by atoms with Crippen molar-refractivity contribution in [3.63, 3.8) is 0 Å². The van der Waals surface area contributed by atoms with Crippen molar-refractivity contribution in [1.29, 1.82) is 0 Å². The van der Waals surface area contributed by atoms with Crippen molar-refractivity contribution in [2.45, 2.75) is 31.8 Å². The van der Waals surface area contributed by atoms with E-state index in [4.69, 9.17) is 0 Å². The first-order chi connectivity index (χ1) is 10.1. The Balaban J connectivity index is 0.00000242. The molecular weight excluding hydrogens is 366 g/mol. The first kappa shape index (κ1) is 19.4. The Morgan fingerprint density at radius 2 is 2.09 bits per heavy atom. The molecule has 1 amide bonds. The van der Waals surface area contributed by atoms with Crippen LogP contribution in [0.1, 0.15) is 31.4 Å². The van der Waals surface area contributed by atoms with Gasteiger partial charge in [-0.05, 0) is 51.1 Å². The van der Waals surface area contributed by atoms with Crippen LogP contribution in [-0.2, 0) is 4.79 Å². The molecule has 22 heavy (non-hydrogen) atoms. The normalized spacial score (nSPS) is 20.0. The van der Waals surface area contributed by atoms with Gasteiger partial charge in [0.25, 0.3) is 0 Å². The molecule has 2 N–H and O–H groups in total. The molecule has 1 aromatic carbocycles. The number of benzene rings is 1. The number of nitrogens with zero attached hydrogens (tertiary/aromatic N) is 1. The molecule has 6 heteroatoms. The number of hydrogen-bond acceptors (Lipinski definition) is 3. The van der Waals surface area contributed by atoms with Crippen LogP contribution in [0.15, 0.2) is 28.7 Å². The summed E-state index contributed by atoms with van der Waals surface area (Å²) < 4.78 is 1.05. The van der Waals surface area contributed by atoms with Gasteiger partial charge in [0.1, 0.15) is 0 Å². The van der Waals surface area contributed by atoms with E-state index in [1.165, 1.54) is 6.42 Å². The zero-order chi connectivity index (χ0) is 15.2. The average molecular weight is 391 g/mol. The highest BCUT2D eigenvalue weighted by Crippen LogP contribution is 2.16. The summed E-state index contributed by atoms with van der Waals surface area (Å²) in [6.07, 6.45) is 2.35. The lowest BCUT2D eigenvalue weighted by Crippen LogP contribution is -2.48. The Bertz CT molecular complexity index is 469. The van der Waals surface area contributed by atoms with Crippen molar-refractivity contribution >= 4 is 34.2 Å². The minimum Gasteiger partial charge on any atom is -0.348 e. The van der Waals surface area contributed by atoms with Crippen LogP contribution >= 0.6 is 28.3 Å². The fourth-order valence-electron chi connectivity index (χ4n) is 2.76. The van der Waals surface area contributed by atoms with Gasteiger partial charge in [-0.25, -0.2) is 0 Å². The summed E-state index contributed by atoms with van der Waals surface area (Å²) in [5, 5.41) is 6.38. The van der Waals surface area contributed by atoms with E-state index in [2.05, 4.69) is 31.5 Å². The Hall–Kier alpha value is -0.620. The van der Waals surface area contributed by atoms with E-state index in [0.29, 0.717) is 12.6 Å². The zero-order valence-electron chi connectivity index (χ0n) is 13.1. The highest BCUT2D eigenvalue weighted by atomic mass is 79.9. The molecule has 2 rings (SSSR count). The fraction of sp³-hybridized carbons (Fsp3) is 0.562. The van der Waals surface area contributed by atoms with E-state index in [-0.39, 0.29) is 24.4 Å². The number of halogens is 2. The minimum absolute atomic E-state index is 0. The van der Waals surface area contributed by atoms with Crippen molar-refractivity contribution in [2.24, 2.45) is 0 Å². The van der Waals surface area contributed by atoms with Gasteiger partial charge >= 0.3 is 0 Å². The molecule has 0 aliphatic carbocycles. The summed E-state index contributed by atoms with van der Waals surface area (Å²) in [4.78, 5) is 14.4. The first-order valence-electron chi connectivity index (χ1n) is 7.53. The summed E-state index contributed by atoms with van der Waals surface area (Å²) in [5.41, 5.74) is 1.12.